The molecule has 0 radical (unpaired) electrons. The smallest absolute Gasteiger partial charge is 0.431 e. The van der Waals surface area contributed by atoms with Crippen molar-refractivity contribution in [2.24, 2.45) is 5.41 Å². The van der Waals surface area contributed by atoms with E-state index in [1.54, 1.807) is 6.07 Å². The molecule has 1 unspecified atom stereocenters. The van der Waals surface area contributed by atoms with Crippen LogP contribution in [-0.2, 0) is 22.7 Å². The van der Waals surface area contributed by atoms with Crippen molar-refractivity contribution in [1.29, 1.82) is 0 Å². The molecule has 0 saturated carbocycles. The first-order valence-electron chi connectivity index (χ1n) is 13.8. The molecule has 1 fully saturated rings. The van der Waals surface area contributed by atoms with Crippen LogP contribution < -0.4 is 10.7 Å². The molecule has 0 amide bonds. The molecule has 8 heteroatoms. The first-order valence-corrected chi connectivity index (χ1v) is 13.8. The summed E-state index contributed by atoms with van der Waals surface area (Å²) >= 11 is 0. The molecule has 210 valence electrons. The van der Waals surface area contributed by atoms with E-state index in [2.05, 4.69) is 58.3 Å². The van der Waals surface area contributed by atoms with Gasteiger partial charge in [0, 0.05) is 32.7 Å². The van der Waals surface area contributed by atoms with Gasteiger partial charge in [0.05, 0.1) is 11.2 Å². The highest BCUT2D eigenvalue weighted by atomic mass is 16.7. The zero-order valence-corrected chi connectivity index (χ0v) is 23.6. The second-order valence-corrected chi connectivity index (χ2v) is 11.4. The maximum atomic E-state index is 12.7. The molecule has 2 heterocycles. The summed E-state index contributed by atoms with van der Waals surface area (Å²) in [6.45, 7) is 11.7. The van der Waals surface area contributed by atoms with Gasteiger partial charge in [-0.05, 0) is 47.2 Å². The van der Waals surface area contributed by atoms with Crippen LogP contribution in [0.3, 0.4) is 0 Å². The lowest BCUT2D eigenvalue weighted by molar-refractivity contribution is -0.0209. The number of nitrogens with zero attached hydrogens (tertiary/aromatic N) is 3. The van der Waals surface area contributed by atoms with Gasteiger partial charge < -0.3 is 18.8 Å². The number of aromatic nitrogens is 1. The normalized spacial score (nSPS) is 15.2. The molecule has 3 aromatic carbocycles. The average molecular weight is 544 g/mol. The van der Waals surface area contributed by atoms with Crippen LogP contribution in [0, 0.1) is 5.41 Å². The van der Waals surface area contributed by atoms with Crippen molar-refractivity contribution in [3.8, 4) is 11.1 Å². The van der Waals surface area contributed by atoms with Gasteiger partial charge in [-0.1, -0.05) is 75.4 Å². The van der Waals surface area contributed by atoms with Gasteiger partial charge in [-0.15, -0.1) is 0 Å². The number of anilines is 1. The molecule has 1 atom stereocenters. The highest BCUT2D eigenvalue weighted by Gasteiger charge is 2.25. The number of carbonyl (C=O) groups is 1. The minimum absolute atomic E-state index is 0.219. The highest BCUT2D eigenvalue weighted by Crippen LogP contribution is 2.28. The Kier molecular flexibility index (Phi) is 7.98. The summed E-state index contributed by atoms with van der Waals surface area (Å²) in [5, 5.41) is 0. The number of fused-ring (bicyclic) bond motifs is 1. The number of hydrogen-bond donors (Lipinski definition) is 0. The number of carbonyl (C=O) groups excluding carboxylic acids is 1. The number of oxazole rings is 1. The lowest BCUT2D eigenvalue weighted by Crippen LogP contribution is -2.46. The predicted molar refractivity (Wildman–Crippen MR) is 156 cm³/mol. The van der Waals surface area contributed by atoms with E-state index in [0.29, 0.717) is 11.1 Å². The first kappa shape index (κ1) is 27.5. The van der Waals surface area contributed by atoms with E-state index < -0.39 is 11.9 Å². The number of ether oxygens (including phenoxy) is 2. The van der Waals surface area contributed by atoms with Crippen molar-refractivity contribution in [3.63, 3.8) is 0 Å². The maximum Gasteiger partial charge on any atom is 0.510 e. The van der Waals surface area contributed by atoms with Crippen LogP contribution in [0.25, 0.3) is 22.2 Å². The molecule has 1 aromatic heterocycles. The predicted octanol–water partition coefficient (Wildman–Crippen LogP) is 6.13. The van der Waals surface area contributed by atoms with E-state index in [-0.39, 0.29) is 18.2 Å². The van der Waals surface area contributed by atoms with Crippen LogP contribution in [0.1, 0.15) is 33.3 Å². The van der Waals surface area contributed by atoms with Gasteiger partial charge in [-0.25, -0.2) is 14.2 Å². The van der Waals surface area contributed by atoms with Gasteiger partial charge in [0.25, 0.3) is 0 Å². The minimum Gasteiger partial charge on any atom is -0.431 e. The van der Waals surface area contributed by atoms with E-state index in [1.807, 2.05) is 45.9 Å². The van der Waals surface area contributed by atoms with E-state index >= 15 is 0 Å². The van der Waals surface area contributed by atoms with Crippen LogP contribution in [0.5, 0.6) is 0 Å². The Morgan fingerprint density at radius 1 is 0.925 bits per heavy atom. The van der Waals surface area contributed by atoms with Crippen molar-refractivity contribution in [2.75, 3.05) is 31.1 Å². The molecule has 1 aliphatic heterocycles. The molecular weight excluding hydrogens is 506 g/mol. The summed E-state index contributed by atoms with van der Waals surface area (Å²) < 4.78 is 17.6. The Balaban J connectivity index is 1.22. The van der Waals surface area contributed by atoms with Gasteiger partial charge >= 0.3 is 11.9 Å². The fraction of sp³-hybridized carbons (Fsp3) is 0.375. The number of benzene rings is 3. The SMILES string of the molecule is CC(OC(=O)OCn1c(=O)oc2c(N3CCN(Cc4cccc(-c5ccccc5)c4)CC3)cccc21)C(C)(C)C. The highest BCUT2D eigenvalue weighted by molar-refractivity contribution is 5.87. The van der Waals surface area contributed by atoms with Crippen LogP contribution in [0.4, 0.5) is 10.5 Å². The van der Waals surface area contributed by atoms with Crippen LogP contribution in [-0.4, -0.2) is 47.9 Å². The number of hydrogen-bond acceptors (Lipinski definition) is 7. The van der Waals surface area contributed by atoms with E-state index in [0.717, 1.165) is 38.4 Å². The summed E-state index contributed by atoms with van der Waals surface area (Å²) in [4.78, 5) is 29.6. The maximum absolute atomic E-state index is 12.7. The number of rotatable bonds is 7. The summed E-state index contributed by atoms with van der Waals surface area (Å²) in [5.74, 6) is -0.573. The van der Waals surface area contributed by atoms with Crippen molar-refractivity contribution in [2.45, 2.75) is 47.1 Å². The van der Waals surface area contributed by atoms with E-state index in [9.17, 15) is 9.59 Å². The molecule has 0 aliphatic carbocycles. The van der Waals surface area contributed by atoms with Gasteiger partial charge in [-0.3, -0.25) is 4.90 Å². The van der Waals surface area contributed by atoms with Crippen LogP contribution in [0.15, 0.2) is 82.0 Å². The number of para-hydroxylation sites is 1. The van der Waals surface area contributed by atoms with Crippen molar-refractivity contribution < 1.29 is 18.7 Å². The van der Waals surface area contributed by atoms with Gasteiger partial charge in [0.2, 0.25) is 0 Å². The molecule has 0 N–H and O–H groups in total. The van der Waals surface area contributed by atoms with Gasteiger partial charge in [0.15, 0.2) is 12.3 Å². The zero-order valence-electron chi connectivity index (χ0n) is 23.6. The summed E-state index contributed by atoms with van der Waals surface area (Å²) in [7, 11) is 0. The van der Waals surface area contributed by atoms with Crippen molar-refractivity contribution in [3.05, 3.63) is 88.9 Å². The van der Waals surface area contributed by atoms with Crippen LogP contribution >= 0.6 is 0 Å². The number of piperazine rings is 1. The van der Waals surface area contributed by atoms with Crippen molar-refractivity contribution >= 4 is 22.9 Å². The Labute approximate surface area is 234 Å². The minimum atomic E-state index is -0.815. The fourth-order valence-corrected chi connectivity index (χ4v) is 4.80. The third-order valence-corrected chi connectivity index (χ3v) is 7.63. The molecule has 0 spiro atoms. The zero-order chi connectivity index (χ0) is 28.3. The summed E-state index contributed by atoms with van der Waals surface area (Å²) in [6, 6.07) is 24.8. The van der Waals surface area contributed by atoms with Gasteiger partial charge in [0.1, 0.15) is 6.10 Å². The third kappa shape index (κ3) is 6.23. The van der Waals surface area contributed by atoms with Crippen LogP contribution in [0.2, 0.25) is 0 Å². The lowest BCUT2D eigenvalue weighted by atomic mass is 9.90. The average Bonchev–Trinajstić information content (AvgIpc) is 3.27. The van der Waals surface area contributed by atoms with Gasteiger partial charge in [-0.2, -0.15) is 0 Å². The molecule has 1 saturated heterocycles. The Morgan fingerprint density at radius 3 is 2.35 bits per heavy atom. The molecule has 4 aromatic rings. The molecule has 0 bridgehead atoms. The fourth-order valence-electron chi connectivity index (χ4n) is 4.80. The monoisotopic (exact) mass is 543 g/mol. The molecule has 8 nitrogen and oxygen atoms in total. The Morgan fingerprint density at radius 2 is 1.62 bits per heavy atom. The van der Waals surface area contributed by atoms with E-state index in [1.165, 1.54) is 21.3 Å². The first-order chi connectivity index (χ1) is 19.2. The molecular formula is C32H37N3O5. The Bertz CT molecular complexity index is 1510. The third-order valence-electron chi connectivity index (χ3n) is 7.63. The summed E-state index contributed by atoms with van der Waals surface area (Å²) in [5.41, 5.74) is 5.46. The second kappa shape index (κ2) is 11.6. The van der Waals surface area contributed by atoms with E-state index in [4.69, 9.17) is 13.9 Å². The topological polar surface area (TPSA) is 77.1 Å². The largest absolute Gasteiger partial charge is 0.510 e. The molecule has 40 heavy (non-hydrogen) atoms. The lowest BCUT2D eigenvalue weighted by Gasteiger charge is -2.36. The van der Waals surface area contributed by atoms with Crippen molar-refractivity contribution in [1.82, 2.24) is 9.47 Å². The molecule has 1 aliphatic rings. The standard InChI is InChI=1S/C32H37N3O5/c1-23(32(2,3)4)39-31(37)38-22-35-28-15-9-14-27(29(28)40-30(35)36)34-18-16-33(17-19-34)21-24-10-8-13-26(20-24)25-11-6-5-7-12-25/h5-15,20,23H,16-19,21-22H2,1-4H3. The molecule has 5 rings (SSSR count). The second-order valence-electron chi connectivity index (χ2n) is 11.4. The Hall–Kier alpha value is -4.04. The quantitative estimate of drug-likeness (QED) is 0.260. The summed E-state index contributed by atoms with van der Waals surface area (Å²) in [6.07, 6.45) is -1.15.